The zero-order valence-electron chi connectivity index (χ0n) is 31.6. The number of cyclic esters (lactones) is 1. The predicted molar refractivity (Wildman–Crippen MR) is 171 cm³/mol. The quantitative estimate of drug-likeness (QED) is 0.0290. The van der Waals surface area contributed by atoms with Gasteiger partial charge in [-0.15, -0.1) is 0 Å². The van der Waals surface area contributed by atoms with Crippen molar-refractivity contribution in [3.8, 4) is 0 Å². The fraction of sp³-hybridized carbons (Fsp3) is 0.636. The fourth-order valence-electron chi connectivity index (χ4n) is 4.79. The molecule has 1 aromatic carbocycles. The molecule has 0 aromatic heterocycles. The summed E-state index contributed by atoms with van der Waals surface area (Å²) < 4.78 is 124. The van der Waals surface area contributed by atoms with Gasteiger partial charge in [-0.1, -0.05) is 44.4 Å². The Hall–Kier alpha value is -2.36. The van der Waals surface area contributed by atoms with Gasteiger partial charge in [-0.25, -0.2) is 22.0 Å². The number of esters is 2. The summed E-state index contributed by atoms with van der Waals surface area (Å²) in [7, 11) is -4.11. The summed E-state index contributed by atoms with van der Waals surface area (Å²) in [5, 5.41) is 0. The Morgan fingerprint density at radius 1 is 0.978 bits per heavy atom. The third-order valence-corrected chi connectivity index (χ3v) is 8.79. The Labute approximate surface area is 277 Å². The highest BCUT2D eigenvalue weighted by atomic mass is 28.4. The molecule has 260 valence electrons. The van der Waals surface area contributed by atoms with E-state index in [0.717, 1.165) is 31.8 Å². The Morgan fingerprint density at radius 2 is 1.61 bits per heavy atom. The largest absolute Gasteiger partial charge is 0.461 e. The molecule has 1 aliphatic heterocycles. The van der Waals surface area contributed by atoms with Crippen LogP contribution in [0.2, 0.25) is 39.3 Å². The molecule has 1 aromatic rings. The van der Waals surface area contributed by atoms with Gasteiger partial charge in [0.25, 0.3) is 0 Å². The highest BCUT2D eigenvalue weighted by Crippen LogP contribution is 2.32. The lowest BCUT2D eigenvalue weighted by Gasteiger charge is -2.39. The highest BCUT2D eigenvalue weighted by Gasteiger charge is 2.39. The summed E-state index contributed by atoms with van der Waals surface area (Å²) in [6.07, 6.45) is 1.39. The number of carbonyl (C=O) groups is 2. The normalized spacial score (nSPS) is 21.9. The summed E-state index contributed by atoms with van der Waals surface area (Å²) in [5.74, 6) is -13.7. The van der Waals surface area contributed by atoms with E-state index in [1.54, 1.807) is 6.08 Å². The van der Waals surface area contributed by atoms with E-state index < -0.39 is 107 Å². The SMILES string of the molecule is [2H]C([2H])(/C=C\C[C@H]1[C@@H](O[Si](C)(C)C)CC(=O)O[C@@H]1/C=C/[C@H](CCCCC)O[Si](C)(C)C)C([2H])([2H])CC(=O)OCc1c(F)c(F)c(F)c(F)c1F. The van der Waals surface area contributed by atoms with E-state index in [4.69, 9.17) is 19.1 Å². The van der Waals surface area contributed by atoms with Crippen molar-refractivity contribution in [2.24, 2.45) is 5.92 Å². The van der Waals surface area contributed by atoms with Gasteiger partial charge in [0.05, 0.1) is 24.2 Å². The minimum absolute atomic E-state index is 0.0267. The predicted octanol–water partition coefficient (Wildman–Crippen LogP) is 9.05. The van der Waals surface area contributed by atoms with Crippen LogP contribution >= 0.6 is 0 Å². The number of allylic oxidation sites excluding steroid dienone is 2. The van der Waals surface area contributed by atoms with Crippen molar-refractivity contribution in [1.82, 2.24) is 0 Å². The molecule has 4 atom stereocenters. The van der Waals surface area contributed by atoms with Crippen LogP contribution in [0.3, 0.4) is 0 Å². The molecule has 0 amide bonds. The molecule has 0 bridgehead atoms. The van der Waals surface area contributed by atoms with E-state index in [-0.39, 0.29) is 18.9 Å². The van der Waals surface area contributed by atoms with Crippen LogP contribution in [0.15, 0.2) is 24.3 Å². The molecule has 0 aliphatic carbocycles. The summed E-state index contributed by atoms with van der Waals surface area (Å²) in [6.45, 7) is 12.9. The van der Waals surface area contributed by atoms with Crippen molar-refractivity contribution in [3.63, 3.8) is 0 Å². The third-order valence-electron chi connectivity index (χ3n) is 6.77. The van der Waals surface area contributed by atoms with Crippen LogP contribution < -0.4 is 0 Å². The number of halogens is 5. The molecule has 1 aliphatic rings. The maximum Gasteiger partial charge on any atom is 0.308 e. The maximum atomic E-state index is 14.0. The van der Waals surface area contributed by atoms with Gasteiger partial charge in [-0.3, -0.25) is 9.59 Å². The maximum absolute atomic E-state index is 14.0. The minimum atomic E-state index is -2.93. The zero-order chi connectivity index (χ0) is 38.2. The van der Waals surface area contributed by atoms with Gasteiger partial charge < -0.3 is 18.3 Å². The summed E-state index contributed by atoms with van der Waals surface area (Å²) in [5.41, 5.74) is -1.43. The minimum Gasteiger partial charge on any atom is -0.461 e. The first-order valence-electron chi connectivity index (χ1n) is 17.5. The molecule has 1 fully saturated rings. The molecule has 0 radical (unpaired) electrons. The molecule has 13 heteroatoms. The molecule has 6 nitrogen and oxygen atoms in total. The lowest BCUT2D eigenvalue weighted by molar-refractivity contribution is -0.162. The van der Waals surface area contributed by atoms with Gasteiger partial charge in [0.2, 0.25) is 5.82 Å². The average Bonchev–Trinajstić information content (AvgIpc) is 2.97. The Bertz CT molecular complexity index is 1370. The highest BCUT2D eigenvalue weighted by molar-refractivity contribution is 6.70. The summed E-state index contributed by atoms with van der Waals surface area (Å²) in [6, 6.07) is 0. The summed E-state index contributed by atoms with van der Waals surface area (Å²) >= 11 is 0. The molecule has 0 N–H and O–H groups in total. The lowest BCUT2D eigenvalue weighted by atomic mass is 9.87. The number of unbranched alkanes of at least 4 members (excludes halogenated alkanes) is 2. The Balaban J connectivity index is 2.26. The zero-order valence-corrected chi connectivity index (χ0v) is 29.6. The monoisotopic (exact) mass is 696 g/mol. The van der Waals surface area contributed by atoms with Crippen LogP contribution in [0.5, 0.6) is 0 Å². The second-order valence-corrected chi connectivity index (χ2v) is 22.0. The van der Waals surface area contributed by atoms with Crippen molar-refractivity contribution in [1.29, 1.82) is 0 Å². The van der Waals surface area contributed by atoms with Crippen molar-refractivity contribution < 1.29 is 55.3 Å². The van der Waals surface area contributed by atoms with Crippen LogP contribution in [-0.4, -0.2) is 46.9 Å². The van der Waals surface area contributed by atoms with Gasteiger partial charge >= 0.3 is 11.9 Å². The first-order chi connectivity index (χ1) is 22.9. The van der Waals surface area contributed by atoms with Crippen LogP contribution in [0.25, 0.3) is 0 Å². The van der Waals surface area contributed by atoms with Crippen molar-refractivity contribution in [2.75, 3.05) is 0 Å². The van der Waals surface area contributed by atoms with Crippen molar-refractivity contribution in [2.45, 2.75) is 129 Å². The molecule has 0 unspecified atom stereocenters. The van der Waals surface area contributed by atoms with E-state index in [0.29, 0.717) is 0 Å². The molecule has 0 spiro atoms. The van der Waals surface area contributed by atoms with Gasteiger partial charge in [0.15, 0.2) is 39.9 Å². The smallest absolute Gasteiger partial charge is 0.308 e. The molecule has 46 heavy (non-hydrogen) atoms. The first-order valence-corrected chi connectivity index (χ1v) is 22.3. The van der Waals surface area contributed by atoms with Crippen LogP contribution in [0.1, 0.15) is 75.7 Å². The van der Waals surface area contributed by atoms with Gasteiger partial charge in [0, 0.05) is 17.8 Å². The fourth-order valence-corrected chi connectivity index (χ4v) is 7.06. The molecule has 1 saturated heterocycles. The number of rotatable bonds is 18. The standard InChI is InChI=1S/C33H49F5O6Si2/c1-8-9-12-15-22(43-45(2,3)4)18-19-25-23(26(20-28(40)42-25)44-46(5,6)7)16-13-10-11-14-17-27(39)41-21-24-29(34)31(36)33(38)32(37)30(24)35/h10,13,18-19,22-23,25-26H,8-9,11-12,14-17,20-21H2,1-7H3/b13-10-,19-18+/t22-,23+,25+,26-/m0/s1/i11D2,14D2. The number of carbonyl (C=O) groups excluding carboxylic acids is 2. The molecular weight excluding hydrogens is 644 g/mol. The van der Waals surface area contributed by atoms with E-state index in [1.807, 2.05) is 25.7 Å². The number of benzene rings is 1. The molecular formula is C33H49F5O6Si2. The Kier molecular flexibility index (Phi) is 13.3. The van der Waals surface area contributed by atoms with E-state index >= 15 is 0 Å². The summed E-state index contributed by atoms with van der Waals surface area (Å²) in [4.78, 5) is 25.1. The molecule has 0 saturated carbocycles. The molecule has 1 heterocycles. The van der Waals surface area contributed by atoms with Gasteiger partial charge in [-0.2, -0.15) is 0 Å². The number of hydrogen-bond donors (Lipinski definition) is 0. The lowest BCUT2D eigenvalue weighted by Crippen LogP contribution is -2.47. The van der Waals surface area contributed by atoms with Crippen LogP contribution in [-0.2, 0) is 34.5 Å². The van der Waals surface area contributed by atoms with E-state index in [1.165, 1.54) is 6.08 Å². The van der Waals surface area contributed by atoms with Crippen LogP contribution in [0.4, 0.5) is 22.0 Å². The molecule has 2 rings (SSSR count). The van der Waals surface area contributed by atoms with Crippen molar-refractivity contribution in [3.05, 3.63) is 59.0 Å². The Morgan fingerprint density at radius 3 is 2.20 bits per heavy atom. The van der Waals surface area contributed by atoms with E-state index in [9.17, 15) is 31.5 Å². The average molecular weight is 697 g/mol. The number of ether oxygens (including phenoxy) is 2. The second-order valence-electron chi connectivity index (χ2n) is 13.1. The second kappa shape index (κ2) is 18.3. The van der Waals surface area contributed by atoms with Crippen LogP contribution in [0, 0.1) is 35.0 Å². The first kappa shape index (κ1) is 33.5. The number of hydrogen-bond acceptors (Lipinski definition) is 6. The van der Waals surface area contributed by atoms with Gasteiger partial charge in [-0.05, 0) is 70.9 Å². The van der Waals surface area contributed by atoms with Crippen molar-refractivity contribution >= 4 is 28.6 Å². The van der Waals surface area contributed by atoms with E-state index in [2.05, 4.69) is 31.3 Å². The third kappa shape index (κ3) is 13.4. The topological polar surface area (TPSA) is 71.1 Å². The van der Waals surface area contributed by atoms with Gasteiger partial charge in [0.1, 0.15) is 12.7 Å².